The van der Waals surface area contributed by atoms with Gasteiger partial charge in [-0.25, -0.2) is 4.99 Å². The summed E-state index contributed by atoms with van der Waals surface area (Å²) in [5.41, 5.74) is 5.21. The van der Waals surface area contributed by atoms with Crippen LogP contribution in [0.3, 0.4) is 0 Å². The summed E-state index contributed by atoms with van der Waals surface area (Å²) in [5.74, 6) is 0. The highest BCUT2D eigenvalue weighted by Gasteiger charge is 2.01. The van der Waals surface area contributed by atoms with Gasteiger partial charge >= 0.3 is 0 Å². The SMILES string of the molecule is C=CC(=Nc1cc(C)ccc1C)/C(C=C)=C/C. The third-order valence-corrected chi connectivity index (χ3v) is 2.63. The zero-order chi connectivity index (χ0) is 12.8. The molecule has 0 radical (unpaired) electrons. The van der Waals surface area contributed by atoms with Gasteiger partial charge in [-0.1, -0.05) is 37.4 Å². The van der Waals surface area contributed by atoms with Gasteiger partial charge in [0.2, 0.25) is 0 Å². The Morgan fingerprint density at radius 3 is 2.41 bits per heavy atom. The minimum Gasteiger partial charge on any atom is -0.248 e. The Bertz CT molecular complexity index is 490. The van der Waals surface area contributed by atoms with E-state index >= 15 is 0 Å². The molecular formula is C16H19N. The largest absolute Gasteiger partial charge is 0.248 e. The van der Waals surface area contributed by atoms with Gasteiger partial charge in [0.15, 0.2) is 0 Å². The maximum Gasteiger partial charge on any atom is 0.0699 e. The van der Waals surface area contributed by atoms with Crippen molar-refractivity contribution in [3.8, 4) is 0 Å². The third-order valence-electron chi connectivity index (χ3n) is 2.63. The lowest BCUT2D eigenvalue weighted by Crippen LogP contribution is -1.95. The lowest BCUT2D eigenvalue weighted by atomic mass is 10.1. The van der Waals surface area contributed by atoms with Gasteiger partial charge in [-0.05, 0) is 49.6 Å². The first-order valence-electron chi connectivity index (χ1n) is 5.70. The highest BCUT2D eigenvalue weighted by atomic mass is 14.7. The van der Waals surface area contributed by atoms with Gasteiger partial charge in [0.05, 0.1) is 11.4 Å². The maximum absolute atomic E-state index is 4.64. The molecule has 0 spiro atoms. The molecule has 0 saturated carbocycles. The Morgan fingerprint density at radius 1 is 1.18 bits per heavy atom. The average molecular weight is 225 g/mol. The van der Waals surface area contributed by atoms with Crippen LogP contribution in [0.15, 0.2) is 60.2 Å². The van der Waals surface area contributed by atoms with Crippen LogP contribution in [0.25, 0.3) is 0 Å². The van der Waals surface area contributed by atoms with Crippen molar-refractivity contribution in [1.29, 1.82) is 0 Å². The van der Waals surface area contributed by atoms with E-state index in [0.717, 1.165) is 22.5 Å². The molecule has 0 bridgehead atoms. The van der Waals surface area contributed by atoms with E-state index in [0.29, 0.717) is 0 Å². The zero-order valence-electron chi connectivity index (χ0n) is 10.8. The van der Waals surface area contributed by atoms with Crippen LogP contribution in [-0.2, 0) is 0 Å². The second-order valence-electron chi connectivity index (χ2n) is 3.94. The molecule has 0 fully saturated rings. The Kier molecular flexibility index (Phi) is 4.65. The summed E-state index contributed by atoms with van der Waals surface area (Å²) in [6.07, 6.45) is 5.54. The predicted molar refractivity (Wildman–Crippen MR) is 77.2 cm³/mol. The third kappa shape index (κ3) is 3.28. The van der Waals surface area contributed by atoms with Crippen LogP contribution in [0.5, 0.6) is 0 Å². The fourth-order valence-corrected chi connectivity index (χ4v) is 1.57. The van der Waals surface area contributed by atoms with E-state index in [2.05, 4.69) is 50.2 Å². The highest BCUT2D eigenvalue weighted by Crippen LogP contribution is 2.21. The Balaban J connectivity index is 3.28. The summed E-state index contributed by atoms with van der Waals surface area (Å²) in [6.45, 7) is 13.7. The Hall–Kier alpha value is -1.89. The van der Waals surface area contributed by atoms with Crippen LogP contribution < -0.4 is 0 Å². The fraction of sp³-hybridized carbons (Fsp3) is 0.188. The quantitative estimate of drug-likeness (QED) is 0.520. The van der Waals surface area contributed by atoms with E-state index in [1.165, 1.54) is 5.56 Å². The lowest BCUT2D eigenvalue weighted by Gasteiger charge is -2.05. The first-order valence-corrected chi connectivity index (χ1v) is 5.70. The summed E-state index contributed by atoms with van der Waals surface area (Å²) < 4.78 is 0. The van der Waals surface area contributed by atoms with Crippen LogP contribution in [0.4, 0.5) is 5.69 Å². The Morgan fingerprint density at radius 2 is 1.88 bits per heavy atom. The number of allylic oxidation sites excluding steroid dienone is 4. The number of nitrogens with zero attached hydrogens (tertiary/aromatic N) is 1. The summed E-state index contributed by atoms with van der Waals surface area (Å²) >= 11 is 0. The molecule has 1 heteroatoms. The van der Waals surface area contributed by atoms with Gasteiger partial charge in [-0.15, -0.1) is 0 Å². The van der Waals surface area contributed by atoms with Crippen molar-refractivity contribution < 1.29 is 0 Å². The van der Waals surface area contributed by atoms with Crippen molar-refractivity contribution in [3.63, 3.8) is 0 Å². The molecule has 0 unspecified atom stereocenters. The van der Waals surface area contributed by atoms with Gasteiger partial charge < -0.3 is 0 Å². The topological polar surface area (TPSA) is 12.4 Å². The normalized spacial score (nSPS) is 12.4. The van der Waals surface area contributed by atoms with Crippen molar-refractivity contribution in [2.75, 3.05) is 0 Å². The molecule has 0 aliphatic rings. The number of rotatable bonds is 4. The molecule has 88 valence electrons. The van der Waals surface area contributed by atoms with E-state index in [1.807, 2.05) is 13.0 Å². The molecule has 0 aliphatic carbocycles. The number of hydrogen-bond donors (Lipinski definition) is 0. The van der Waals surface area contributed by atoms with Crippen LogP contribution >= 0.6 is 0 Å². The van der Waals surface area contributed by atoms with E-state index in [4.69, 9.17) is 0 Å². The van der Waals surface area contributed by atoms with Gasteiger partial charge in [0.1, 0.15) is 0 Å². The molecule has 0 aliphatic heterocycles. The van der Waals surface area contributed by atoms with Crippen molar-refractivity contribution in [1.82, 2.24) is 0 Å². The van der Waals surface area contributed by atoms with Crippen molar-refractivity contribution >= 4 is 11.4 Å². The van der Waals surface area contributed by atoms with Crippen LogP contribution in [0.1, 0.15) is 18.1 Å². The first kappa shape index (κ1) is 13.2. The van der Waals surface area contributed by atoms with E-state index in [9.17, 15) is 0 Å². The predicted octanol–water partition coefficient (Wildman–Crippen LogP) is 4.69. The summed E-state index contributed by atoms with van der Waals surface area (Å²) in [4.78, 5) is 4.64. The highest BCUT2D eigenvalue weighted by molar-refractivity contribution is 6.11. The maximum atomic E-state index is 4.64. The molecule has 0 atom stereocenters. The van der Waals surface area contributed by atoms with E-state index < -0.39 is 0 Å². The summed E-state index contributed by atoms with van der Waals surface area (Å²) in [6, 6.07) is 6.25. The molecule has 0 heterocycles. The van der Waals surface area contributed by atoms with Gasteiger partial charge in [-0.2, -0.15) is 0 Å². The molecular weight excluding hydrogens is 206 g/mol. The smallest absolute Gasteiger partial charge is 0.0699 e. The van der Waals surface area contributed by atoms with E-state index in [-0.39, 0.29) is 0 Å². The van der Waals surface area contributed by atoms with Crippen molar-refractivity contribution in [2.24, 2.45) is 4.99 Å². The lowest BCUT2D eigenvalue weighted by molar-refractivity contribution is 1.35. The first-order chi connectivity index (χ1) is 8.12. The standard InChI is InChI=1S/C16H19N/c1-6-14(7-2)15(8-3)17-16-11-12(4)9-10-13(16)5/h6-11H,1,3H2,2,4-5H3/b14-7+,17-15?. The molecule has 1 aromatic carbocycles. The molecule has 0 N–H and O–H groups in total. The number of aryl methyl sites for hydroxylation is 2. The van der Waals surface area contributed by atoms with Gasteiger partial charge in [0, 0.05) is 0 Å². The van der Waals surface area contributed by atoms with E-state index in [1.54, 1.807) is 12.2 Å². The minimum absolute atomic E-state index is 0.858. The minimum atomic E-state index is 0.858. The molecule has 1 rings (SSSR count). The number of benzene rings is 1. The molecule has 17 heavy (non-hydrogen) atoms. The van der Waals surface area contributed by atoms with Crippen molar-refractivity contribution in [3.05, 3.63) is 66.3 Å². The average Bonchev–Trinajstić information content (AvgIpc) is 2.33. The van der Waals surface area contributed by atoms with Gasteiger partial charge in [0.25, 0.3) is 0 Å². The second kappa shape index (κ2) is 6.00. The fourth-order valence-electron chi connectivity index (χ4n) is 1.57. The molecule has 0 amide bonds. The van der Waals surface area contributed by atoms with Crippen molar-refractivity contribution in [2.45, 2.75) is 20.8 Å². The summed E-state index contributed by atoms with van der Waals surface area (Å²) in [7, 11) is 0. The summed E-state index contributed by atoms with van der Waals surface area (Å²) in [5, 5.41) is 0. The van der Waals surface area contributed by atoms with Crippen LogP contribution in [0.2, 0.25) is 0 Å². The molecule has 0 aromatic heterocycles. The zero-order valence-corrected chi connectivity index (χ0v) is 10.8. The Labute approximate surface area is 104 Å². The molecule has 0 saturated heterocycles. The van der Waals surface area contributed by atoms with Crippen LogP contribution in [0, 0.1) is 13.8 Å². The monoisotopic (exact) mass is 225 g/mol. The molecule has 1 nitrogen and oxygen atoms in total. The van der Waals surface area contributed by atoms with Gasteiger partial charge in [-0.3, -0.25) is 0 Å². The number of aliphatic imine (C=N–C) groups is 1. The molecule has 1 aromatic rings. The second-order valence-corrected chi connectivity index (χ2v) is 3.94. The van der Waals surface area contributed by atoms with Crippen LogP contribution in [-0.4, -0.2) is 5.71 Å². The number of hydrogen-bond acceptors (Lipinski definition) is 1.